The van der Waals surface area contributed by atoms with Gasteiger partial charge in [0.25, 0.3) is 0 Å². The van der Waals surface area contributed by atoms with Crippen molar-refractivity contribution in [1.82, 2.24) is 5.32 Å². The van der Waals surface area contributed by atoms with E-state index in [0.29, 0.717) is 0 Å². The van der Waals surface area contributed by atoms with E-state index in [1.807, 2.05) is 0 Å². The second-order valence-electron chi connectivity index (χ2n) is 4.43. The molecule has 0 unspecified atom stereocenters. The van der Waals surface area contributed by atoms with Gasteiger partial charge in [-0.25, -0.2) is 0 Å². The number of benzene rings is 1. The Hall–Kier alpha value is -0.820. The maximum atomic E-state index is 3.44. The third-order valence-electron chi connectivity index (χ3n) is 3.60. The van der Waals surface area contributed by atoms with Crippen molar-refractivity contribution in [2.45, 2.75) is 45.6 Å². The van der Waals surface area contributed by atoms with E-state index in [1.165, 1.54) is 24.8 Å². The van der Waals surface area contributed by atoms with E-state index in [1.54, 1.807) is 11.1 Å². The standard InChI is InChI=1S/C14H21N/c1-3-11(4-2)13-7-5-6-12-10-15-9-8-14(12)13/h5-7,11,15H,3-4,8-10H2,1-2H3. The molecule has 0 saturated carbocycles. The Morgan fingerprint density at radius 3 is 2.80 bits per heavy atom. The minimum absolute atomic E-state index is 0.762. The quantitative estimate of drug-likeness (QED) is 0.795. The van der Waals surface area contributed by atoms with Crippen LogP contribution >= 0.6 is 0 Å². The van der Waals surface area contributed by atoms with Crippen molar-refractivity contribution >= 4 is 0 Å². The van der Waals surface area contributed by atoms with Crippen molar-refractivity contribution in [3.63, 3.8) is 0 Å². The van der Waals surface area contributed by atoms with Crippen LogP contribution in [0, 0.1) is 0 Å². The maximum absolute atomic E-state index is 3.44. The number of hydrogen-bond donors (Lipinski definition) is 1. The van der Waals surface area contributed by atoms with Crippen LogP contribution in [0.5, 0.6) is 0 Å². The van der Waals surface area contributed by atoms with Gasteiger partial charge in [-0.2, -0.15) is 0 Å². The van der Waals surface area contributed by atoms with E-state index in [9.17, 15) is 0 Å². The Morgan fingerprint density at radius 2 is 2.07 bits per heavy atom. The first kappa shape index (κ1) is 10.7. The first-order chi connectivity index (χ1) is 7.36. The summed E-state index contributed by atoms with van der Waals surface area (Å²) in [4.78, 5) is 0. The number of rotatable bonds is 3. The van der Waals surface area contributed by atoms with E-state index in [4.69, 9.17) is 0 Å². The summed E-state index contributed by atoms with van der Waals surface area (Å²) < 4.78 is 0. The van der Waals surface area contributed by atoms with Crippen LogP contribution in [-0.4, -0.2) is 6.54 Å². The SMILES string of the molecule is CCC(CC)c1cccc2c1CCNC2. The summed E-state index contributed by atoms with van der Waals surface area (Å²) in [5.74, 6) is 0.762. The molecule has 0 atom stereocenters. The molecule has 0 aromatic heterocycles. The summed E-state index contributed by atoms with van der Waals surface area (Å²) in [6, 6.07) is 6.83. The lowest BCUT2D eigenvalue weighted by atomic mass is 9.85. The largest absolute Gasteiger partial charge is 0.312 e. The minimum atomic E-state index is 0.762. The molecule has 0 aliphatic carbocycles. The molecular formula is C14H21N. The van der Waals surface area contributed by atoms with Gasteiger partial charge in [-0.1, -0.05) is 32.0 Å². The molecule has 0 saturated heterocycles. The van der Waals surface area contributed by atoms with Crippen LogP contribution in [0.4, 0.5) is 0 Å². The average molecular weight is 203 g/mol. The van der Waals surface area contributed by atoms with Gasteiger partial charge in [0.2, 0.25) is 0 Å². The molecule has 1 heteroatoms. The molecule has 1 aliphatic rings. The Morgan fingerprint density at radius 1 is 1.27 bits per heavy atom. The van der Waals surface area contributed by atoms with Crippen LogP contribution in [0.3, 0.4) is 0 Å². The molecule has 1 aromatic rings. The van der Waals surface area contributed by atoms with Gasteiger partial charge >= 0.3 is 0 Å². The topological polar surface area (TPSA) is 12.0 Å². The second kappa shape index (κ2) is 4.80. The van der Waals surface area contributed by atoms with Gasteiger partial charge in [0, 0.05) is 6.54 Å². The second-order valence-corrected chi connectivity index (χ2v) is 4.43. The van der Waals surface area contributed by atoms with Crippen LogP contribution in [0.25, 0.3) is 0 Å². The summed E-state index contributed by atoms with van der Waals surface area (Å²) in [6.07, 6.45) is 3.74. The third-order valence-corrected chi connectivity index (χ3v) is 3.60. The van der Waals surface area contributed by atoms with Gasteiger partial charge in [0.05, 0.1) is 0 Å². The Labute approximate surface area is 92.9 Å². The zero-order valence-electron chi connectivity index (χ0n) is 9.84. The highest BCUT2D eigenvalue weighted by Crippen LogP contribution is 2.29. The van der Waals surface area contributed by atoms with Crippen LogP contribution in [0.15, 0.2) is 18.2 Å². The first-order valence-electron chi connectivity index (χ1n) is 6.18. The molecule has 1 nitrogen and oxygen atoms in total. The Bertz CT molecular complexity index is 326. The molecule has 15 heavy (non-hydrogen) atoms. The van der Waals surface area contributed by atoms with E-state index in [0.717, 1.165) is 19.0 Å². The van der Waals surface area contributed by atoms with Crippen molar-refractivity contribution in [1.29, 1.82) is 0 Å². The van der Waals surface area contributed by atoms with E-state index in [2.05, 4.69) is 37.4 Å². The Kier molecular flexibility index (Phi) is 3.42. The molecule has 1 aromatic carbocycles. The maximum Gasteiger partial charge on any atom is 0.0208 e. The van der Waals surface area contributed by atoms with E-state index >= 15 is 0 Å². The van der Waals surface area contributed by atoms with Crippen LogP contribution < -0.4 is 5.32 Å². The van der Waals surface area contributed by atoms with Crippen molar-refractivity contribution in [2.24, 2.45) is 0 Å². The average Bonchev–Trinajstić information content (AvgIpc) is 2.31. The predicted molar refractivity (Wildman–Crippen MR) is 65.2 cm³/mol. The highest BCUT2D eigenvalue weighted by atomic mass is 14.9. The lowest BCUT2D eigenvalue weighted by Crippen LogP contribution is -2.25. The van der Waals surface area contributed by atoms with Gasteiger partial charge in [-0.15, -0.1) is 0 Å². The Balaban J connectivity index is 2.38. The lowest BCUT2D eigenvalue weighted by molar-refractivity contribution is 0.601. The van der Waals surface area contributed by atoms with Gasteiger partial charge in [0.15, 0.2) is 0 Å². The highest BCUT2D eigenvalue weighted by Gasteiger charge is 2.16. The molecule has 0 spiro atoms. The molecular weight excluding hydrogens is 182 g/mol. The van der Waals surface area contributed by atoms with Gasteiger partial charge in [-0.3, -0.25) is 0 Å². The summed E-state index contributed by atoms with van der Waals surface area (Å²) in [6.45, 7) is 6.80. The van der Waals surface area contributed by atoms with Gasteiger partial charge < -0.3 is 5.32 Å². The lowest BCUT2D eigenvalue weighted by Gasteiger charge is -2.24. The van der Waals surface area contributed by atoms with Crippen molar-refractivity contribution < 1.29 is 0 Å². The molecule has 1 aliphatic heterocycles. The fraction of sp³-hybridized carbons (Fsp3) is 0.571. The molecule has 0 fully saturated rings. The zero-order chi connectivity index (χ0) is 10.7. The van der Waals surface area contributed by atoms with Gasteiger partial charge in [-0.05, 0) is 48.4 Å². The smallest absolute Gasteiger partial charge is 0.0208 e. The fourth-order valence-corrected chi connectivity index (χ4v) is 2.67. The van der Waals surface area contributed by atoms with Crippen LogP contribution in [-0.2, 0) is 13.0 Å². The molecule has 1 heterocycles. The van der Waals surface area contributed by atoms with Crippen LogP contribution in [0.2, 0.25) is 0 Å². The van der Waals surface area contributed by atoms with Crippen molar-refractivity contribution in [3.8, 4) is 0 Å². The normalized spacial score (nSPS) is 15.4. The van der Waals surface area contributed by atoms with Crippen molar-refractivity contribution in [2.75, 3.05) is 6.54 Å². The highest BCUT2D eigenvalue weighted by molar-refractivity contribution is 5.39. The third kappa shape index (κ3) is 2.07. The summed E-state index contributed by atoms with van der Waals surface area (Å²) >= 11 is 0. The van der Waals surface area contributed by atoms with E-state index in [-0.39, 0.29) is 0 Å². The molecule has 0 bridgehead atoms. The number of nitrogens with one attached hydrogen (secondary N) is 1. The zero-order valence-corrected chi connectivity index (χ0v) is 9.84. The molecule has 82 valence electrons. The fourth-order valence-electron chi connectivity index (χ4n) is 2.67. The molecule has 2 rings (SSSR count). The van der Waals surface area contributed by atoms with Gasteiger partial charge in [0.1, 0.15) is 0 Å². The molecule has 1 N–H and O–H groups in total. The van der Waals surface area contributed by atoms with E-state index < -0.39 is 0 Å². The summed E-state index contributed by atoms with van der Waals surface area (Å²) in [5.41, 5.74) is 4.76. The molecule has 0 radical (unpaired) electrons. The van der Waals surface area contributed by atoms with Crippen molar-refractivity contribution in [3.05, 3.63) is 34.9 Å². The number of fused-ring (bicyclic) bond motifs is 1. The number of hydrogen-bond acceptors (Lipinski definition) is 1. The monoisotopic (exact) mass is 203 g/mol. The molecule has 0 amide bonds. The minimum Gasteiger partial charge on any atom is -0.312 e. The summed E-state index contributed by atoms with van der Waals surface area (Å²) in [7, 11) is 0. The summed E-state index contributed by atoms with van der Waals surface area (Å²) in [5, 5.41) is 3.44. The van der Waals surface area contributed by atoms with Crippen LogP contribution in [0.1, 0.15) is 49.3 Å². The first-order valence-corrected chi connectivity index (χ1v) is 6.18. The predicted octanol–water partition coefficient (Wildman–Crippen LogP) is 3.24.